The van der Waals surface area contributed by atoms with Crippen LogP contribution in [0.2, 0.25) is 0 Å². The van der Waals surface area contributed by atoms with Crippen LogP contribution in [0.4, 0.5) is 5.69 Å². The van der Waals surface area contributed by atoms with Crippen LogP contribution in [-0.4, -0.2) is 12.5 Å². The molecule has 0 heterocycles. The summed E-state index contributed by atoms with van der Waals surface area (Å²) in [6.45, 7) is 2.39. The number of nitrogens with two attached hydrogens (primary N) is 1. The summed E-state index contributed by atoms with van der Waals surface area (Å²) in [6.07, 6.45) is 1.14. The van der Waals surface area contributed by atoms with Crippen LogP contribution in [0.3, 0.4) is 0 Å². The molecule has 1 rings (SSSR count). The Morgan fingerprint density at radius 2 is 2.31 bits per heavy atom. The van der Waals surface area contributed by atoms with Gasteiger partial charge in [0.2, 0.25) is 0 Å². The number of carbonyl (C=O) groups is 1. The summed E-state index contributed by atoms with van der Waals surface area (Å²) in [5, 5.41) is 11.1. The molecular weight excluding hydrogens is 202 g/mol. The second-order valence-corrected chi connectivity index (χ2v) is 3.59. The number of carbonyl (C=O) groups excluding carboxylic acids is 1. The lowest BCUT2D eigenvalue weighted by Gasteiger charge is -2.06. The van der Waals surface area contributed by atoms with Gasteiger partial charge in [-0.05, 0) is 37.1 Å². The molecule has 0 spiro atoms. The van der Waals surface area contributed by atoms with Crippen LogP contribution < -0.4 is 11.1 Å². The minimum Gasteiger partial charge on any atom is -0.399 e. The average molecular weight is 217 g/mol. The SMILES string of the molecule is Cc1cc(C(=O)NCCCC#N)ccc1N. The maximum Gasteiger partial charge on any atom is 0.251 e. The maximum atomic E-state index is 11.6. The molecule has 0 aliphatic heterocycles. The number of rotatable bonds is 4. The number of nitrogens with zero attached hydrogens (tertiary/aromatic N) is 1. The smallest absolute Gasteiger partial charge is 0.251 e. The van der Waals surface area contributed by atoms with Gasteiger partial charge < -0.3 is 11.1 Å². The van der Waals surface area contributed by atoms with Crippen molar-refractivity contribution in [3.63, 3.8) is 0 Å². The van der Waals surface area contributed by atoms with Gasteiger partial charge in [-0.3, -0.25) is 4.79 Å². The Hall–Kier alpha value is -2.02. The lowest BCUT2D eigenvalue weighted by molar-refractivity contribution is 0.0953. The number of aryl methyl sites for hydroxylation is 1. The van der Waals surface area contributed by atoms with E-state index in [4.69, 9.17) is 11.0 Å². The normalized spacial score (nSPS) is 9.50. The molecule has 0 aliphatic carbocycles. The zero-order valence-electron chi connectivity index (χ0n) is 9.29. The number of nitrogens with one attached hydrogen (secondary N) is 1. The molecule has 1 aromatic rings. The Labute approximate surface area is 95.1 Å². The van der Waals surface area contributed by atoms with Crippen molar-refractivity contribution in [2.75, 3.05) is 12.3 Å². The molecule has 16 heavy (non-hydrogen) atoms. The Morgan fingerprint density at radius 3 is 2.94 bits per heavy atom. The molecule has 0 radical (unpaired) electrons. The van der Waals surface area contributed by atoms with Crippen LogP contribution in [0.15, 0.2) is 18.2 Å². The number of hydrogen-bond acceptors (Lipinski definition) is 3. The first-order valence-corrected chi connectivity index (χ1v) is 5.16. The molecule has 0 aromatic heterocycles. The summed E-state index contributed by atoms with van der Waals surface area (Å²) in [5.74, 6) is -0.124. The van der Waals surface area contributed by atoms with Crippen molar-refractivity contribution in [1.29, 1.82) is 5.26 Å². The highest BCUT2D eigenvalue weighted by molar-refractivity contribution is 5.94. The zero-order chi connectivity index (χ0) is 12.0. The van der Waals surface area contributed by atoms with Crippen molar-refractivity contribution < 1.29 is 4.79 Å². The van der Waals surface area contributed by atoms with Crippen LogP contribution in [0, 0.1) is 18.3 Å². The summed E-state index contributed by atoms with van der Waals surface area (Å²) in [6, 6.07) is 7.21. The van der Waals surface area contributed by atoms with Crippen LogP contribution in [0.5, 0.6) is 0 Å². The van der Waals surface area contributed by atoms with Gasteiger partial charge in [0.15, 0.2) is 0 Å². The number of anilines is 1. The highest BCUT2D eigenvalue weighted by Crippen LogP contribution is 2.12. The third-order valence-electron chi connectivity index (χ3n) is 2.28. The van der Waals surface area contributed by atoms with Gasteiger partial charge in [0, 0.05) is 24.2 Å². The Bertz CT molecular complexity index is 421. The van der Waals surface area contributed by atoms with E-state index in [1.165, 1.54) is 0 Å². The Morgan fingerprint density at radius 1 is 1.56 bits per heavy atom. The summed E-state index contributed by atoms with van der Waals surface area (Å²) >= 11 is 0. The van der Waals surface area contributed by atoms with Crippen LogP contribution >= 0.6 is 0 Å². The number of amides is 1. The van der Waals surface area contributed by atoms with E-state index in [0.29, 0.717) is 30.6 Å². The fraction of sp³-hybridized carbons (Fsp3) is 0.333. The molecule has 0 atom stereocenters. The van der Waals surface area contributed by atoms with E-state index in [-0.39, 0.29) is 5.91 Å². The third kappa shape index (κ3) is 3.28. The van der Waals surface area contributed by atoms with Crippen LogP contribution in [-0.2, 0) is 0 Å². The van der Waals surface area contributed by atoms with Crippen LogP contribution in [0.1, 0.15) is 28.8 Å². The highest BCUT2D eigenvalue weighted by atomic mass is 16.1. The molecule has 0 saturated carbocycles. The lowest BCUT2D eigenvalue weighted by Crippen LogP contribution is -2.24. The number of unbranched alkanes of at least 4 members (excludes halogenated alkanes) is 1. The van der Waals surface area contributed by atoms with Gasteiger partial charge in [-0.15, -0.1) is 0 Å². The molecule has 1 aromatic carbocycles. The van der Waals surface area contributed by atoms with E-state index in [1.807, 2.05) is 13.0 Å². The molecule has 84 valence electrons. The fourth-order valence-electron chi connectivity index (χ4n) is 1.29. The molecule has 0 aliphatic rings. The van der Waals surface area contributed by atoms with Crippen molar-refractivity contribution in [1.82, 2.24) is 5.32 Å². The van der Waals surface area contributed by atoms with E-state index >= 15 is 0 Å². The molecule has 0 fully saturated rings. The van der Waals surface area contributed by atoms with Crippen LogP contribution in [0.25, 0.3) is 0 Å². The fourth-order valence-corrected chi connectivity index (χ4v) is 1.29. The Balaban J connectivity index is 2.53. The molecule has 1 amide bonds. The molecule has 4 heteroatoms. The van der Waals surface area contributed by atoms with Gasteiger partial charge in [0.25, 0.3) is 5.91 Å². The van der Waals surface area contributed by atoms with Gasteiger partial charge in [-0.2, -0.15) is 5.26 Å². The number of nitrogen functional groups attached to an aromatic ring is 1. The molecule has 0 unspecified atom stereocenters. The van der Waals surface area contributed by atoms with Gasteiger partial charge in [0.1, 0.15) is 0 Å². The highest BCUT2D eigenvalue weighted by Gasteiger charge is 2.05. The summed E-state index contributed by atoms with van der Waals surface area (Å²) in [4.78, 5) is 11.6. The quantitative estimate of drug-likeness (QED) is 0.594. The molecular formula is C12H15N3O. The van der Waals surface area contributed by atoms with E-state index in [9.17, 15) is 4.79 Å². The molecule has 0 saturated heterocycles. The first-order chi connectivity index (χ1) is 7.65. The van der Waals surface area contributed by atoms with E-state index in [0.717, 1.165) is 5.56 Å². The number of benzene rings is 1. The predicted octanol–water partition coefficient (Wildman–Crippen LogP) is 1.61. The van der Waals surface area contributed by atoms with Gasteiger partial charge in [0.05, 0.1) is 6.07 Å². The van der Waals surface area contributed by atoms with Gasteiger partial charge >= 0.3 is 0 Å². The summed E-state index contributed by atoms with van der Waals surface area (Å²) in [5.41, 5.74) is 7.84. The minimum atomic E-state index is -0.124. The second-order valence-electron chi connectivity index (χ2n) is 3.59. The Kier molecular flexibility index (Phi) is 4.34. The summed E-state index contributed by atoms with van der Waals surface area (Å²) in [7, 11) is 0. The standard InChI is InChI=1S/C12H15N3O/c1-9-8-10(4-5-11(9)14)12(16)15-7-3-2-6-13/h4-5,8H,2-3,7,14H2,1H3,(H,15,16). The van der Waals surface area contributed by atoms with E-state index in [1.54, 1.807) is 18.2 Å². The lowest BCUT2D eigenvalue weighted by atomic mass is 10.1. The first kappa shape index (κ1) is 12.1. The van der Waals surface area contributed by atoms with E-state index < -0.39 is 0 Å². The minimum absolute atomic E-state index is 0.124. The summed E-state index contributed by atoms with van der Waals surface area (Å²) < 4.78 is 0. The predicted molar refractivity (Wildman–Crippen MR) is 62.8 cm³/mol. The molecule has 4 nitrogen and oxygen atoms in total. The number of nitriles is 1. The average Bonchev–Trinajstić information content (AvgIpc) is 2.28. The van der Waals surface area contributed by atoms with Crippen molar-refractivity contribution >= 4 is 11.6 Å². The van der Waals surface area contributed by atoms with Crippen molar-refractivity contribution in [3.8, 4) is 6.07 Å². The van der Waals surface area contributed by atoms with Crippen molar-refractivity contribution in [2.45, 2.75) is 19.8 Å². The third-order valence-corrected chi connectivity index (χ3v) is 2.28. The topological polar surface area (TPSA) is 78.9 Å². The largest absolute Gasteiger partial charge is 0.399 e. The molecule has 3 N–H and O–H groups in total. The van der Waals surface area contributed by atoms with Gasteiger partial charge in [-0.1, -0.05) is 0 Å². The van der Waals surface area contributed by atoms with Crippen molar-refractivity contribution in [2.24, 2.45) is 0 Å². The maximum absolute atomic E-state index is 11.6. The second kappa shape index (κ2) is 5.76. The zero-order valence-corrected chi connectivity index (χ0v) is 9.29. The molecule has 0 bridgehead atoms. The first-order valence-electron chi connectivity index (χ1n) is 5.16. The monoisotopic (exact) mass is 217 g/mol. The van der Waals surface area contributed by atoms with Gasteiger partial charge in [-0.25, -0.2) is 0 Å². The van der Waals surface area contributed by atoms with Crippen molar-refractivity contribution in [3.05, 3.63) is 29.3 Å². The van der Waals surface area contributed by atoms with E-state index in [2.05, 4.69) is 5.32 Å². The number of hydrogen-bond donors (Lipinski definition) is 2.